The molecule has 1 aromatic rings. The molecule has 1 heterocycles. The van der Waals surface area contributed by atoms with E-state index in [1.165, 1.54) is 7.11 Å². The van der Waals surface area contributed by atoms with Gasteiger partial charge in [0.05, 0.1) is 13.0 Å². The van der Waals surface area contributed by atoms with E-state index in [-0.39, 0.29) is 6.61 Å². The molecule has 0 spiro atoms. The van der Waals surface area contributed by atoms with Crippen LogP contribution in [0.25, 0.3) is 0 Å². The molecule has 0 aliphatic carbocycles. The lowest BCUT2D eigenvalue weighted by Crippen LogP contribution is -2.45. The molecule has 1 aromatic carbocycles. The van der Waals surface area contributed by atoms with E-state index in [9.17, 15) is 14.4 Å². The first kappa shape index (κ1) is 25.2. The summed E-state index contributed by atoms with van der Waals surface area (Å²) in [6.45, 7) is 8.16. The number of alkyl carbamates (subject to hydrolysis) is 1. The largest absolute Gasteiger partial charge is 0.469 e. The molecule has 0 aromatic heterocycles. The van der Waals surface area contributed by atoms with Crippen molar-refractivity contribution in [3.63, 3.8) is 0 Å². The smallest absolute Gasteiger partial charge is 0.410 e. The van der Waals surface area contributed by atoms with E-state index in [4.69, 9.17) is 14.2 Å². The number of hydrogen-bond acceptors (Lipinski definition) is 6. The van der Waals surface area contributed by atoms with Gasteiger partial charge in [0.1, 0.15) is 12.2 Å². The average molecular weight is 447 g/mol. The third kappa shape index (κ3) is 8.24. The molecule has 0 bridgehead atoms. The van der Waals surface area contributed by atoms with Gasteiger partial charge >= 0.3 is 18.2 Å². The van der Waals surface area contributed by atoms with Crippen LogP contribution < -0.4 is 5.32 Å². The Bertz CT molecular complexity index is 816. The zero-order valence-electron chi connectivity index (χ0n) is 19.6. The Labute approximate surface area is 189 Å². The highest BCUT2D eigenvalue weighted by Crippen LogP contribution is 2.23. The van der Waals surface area contributed by atoms with Crippen molar-refractivity contribution in [2.75, 3.05) is 20.2 Å². The van der Waals surface area contributed by atoms with Crippen molar-refractivity contribution >= 4 is 18.2 Å². The molecule has 2 atom stereocenters. The Morgan fingerprint density at radius 3 is 2.47 bits per heavy atom. The second kappa shape index (κ2) is 11.5. The molecule has 176 valence electrons. The highest BCUT2D eigenvalue weighted by atomic mass is 16.6. The lowest BCUT2D eigenvalue weighted by Gasteiger charge is -2.30. The molecule has 0 fully saturated rings. The van der Waals surface area contributed by atoms with Crippen LogP contribution in [-0.2, 0) is 25.6 Å². The van der Waals surface area contributed by atoms with E-state index in [1.807, 2.05) is 36.4 Å². The van der Waals surface area contributed by atoms with Gasteiger partial charge < -0.3 is 24.4 Å². The van der Waals surface area contributed by atoms with Crippen molar-refractivity contribution in [2.24, 2.45) is 5.92 Å². The van der Waals surface area contributed by atoms with Crippen molar-refractivity contribution in [1.82, 2.24) is 10.2 Å². The summed E-state index contributed by atoms with van der Waals surface area (Å²) in [4.78, 5) is 38.7. The van der Waals surface area contributed by atoms with Gasteiger partial charge in [-0.25, -0.2) is 9.59 Å². The molecule has 8 nitrogen and oxygen atoms in total. The van der Waals surface area contributed by atoms with Gasteiger partial charge in [-0.1, -0.05) is 42.0 Å². The summed E-state index contributed by atoms with van der Waals surface area (Å²) < 4.78 is 15.7. The number of carbonyl (C=O) groups excluding carboxylic acids is 3. The first-order valence-corrected chi connectivity index (χ1v) is 10.8. The fraction of sp³-hybridized carbons (Fsp3) is 0.542. The number of hydrogen-bond donors (Lipinski definition) is 1. The number of carbonyl (C=O) groups is 3. The van der Waals surface area contributed by atoms with Crippen molar-refractivity contribution in [3.8, 4) is 0 Å². The minimum atomic E-state index is -0.642. The van der Waals surface area contributed by atoms with Crippen molar-refractivity contribution in [2.45, 2.75) is 58.8 Å². The van der Waals surface area contributed by atoms with Crippen LogP contribution in [0.15, 0.2) is 42.0 Å². The molecule has 2 amide bonds. The van der Waals surface area contributed by atoms with Gasteiger partial charge in [0.25, 0.3) is 0 Å². The van der Waals surface area contributed by atoms with Crippen LogP contribution in [0.4, 0.5) is 9.59 Å². The van der Waals surface area contributed by atoms with Crippen LogP contribution in [0.3, 0.4) is 0 Å². The number of rotatable bonds is 7. The van der Waals surface area contributed by atoms with Crippen LogP contribution in [0.2, 0.25) is 0 Å². The summed E-state index contributed by atoms with van der Waals surface area (Å²) in [5.74, 6) is -1.04. The summed E-state index contributed by atoms with van der Waals surface area (Å²) in [5, 5.41) is 2.72. The van der Waals surface area contributed by atoms with E-state index >= 15 is 0 Å². The van der Waals surface area contributed by atoms with Gasteiger partial charge in [-0.3, -0.25) is 4.79 Å². The van der Waals surface area contributed by atoms with Crippen LogP contribution >= 0.6 is 0 Å². The molecule has 1 N–H and O–H groups in total. The quantitative estimate of drug-likeness (QED) is 0.386. The monoisotopic (exact) mass is 446 g/mol. The predicted molar refractivity (Wildman–Crippen MR) is 120 cm³/mol. The highest BCUT2D eigenvalue weighted by Gasteiger charge is 2.31. The van der Waals surface area contributed by atoms with Gasteiger partial charge in [-0.05, 0) is 46.1 Å². The highest BCUT2D eigenvalue weighted by molar-refractivity contribution is 5.75. The molecule has 0 saturated carbocycles. The standard InChI is InChI=1S/C24H34N2O6/c1-17(25-22(28)32-24(2,3)4)20(21(27)30-5)14-19-12-9-13-26(15-19)23(29)31-16-18-10-7-6-8-11-18/h6-8,10-12,17,20H,9,13-16H2,1-5H3,(H,25,28)/t17-,20-/m1/s1. The topological polar surface area (TPSA) is 94.2 Å². The van der Waals surface area contributed by atoms with E-state index < -0.39 is 35.7 Å². The average Bonchev–Trinajstić information content (AvgIpc) is 2.74. The van der Waals surface area contributed by atoms with Crippen molar-refractivity contribution in [1.29, 1.82) is 0 Å². The summed E-state index contributed by atoms with van der Waals surface area (Å²) in [6, 6.07) is 8.97. The first-order chi connectivity index (χ1) is 15.1. The van der Waals surface area contributed by atoms with Crippen molar-refractivity contribution < 1.29 is 28.6 Å². The van der Waals surface area contributed by atoms with Gasteiger partial charge in [0.15, 0.2) is 0 Å². The normalized spacial score (nSPS) is 15.8. The Kier molecular flexibility index (Phi) is 9.11. The van der Waals surface area contributed by atoms with Crippen LogP contribution in [0.1, 0.15) is 46.1 Å². The summed E-state index contributed by atoms with van der Waals surface area (Å²) in [7, 11) is 1.32. The number of methoxy groups -OCH3 is 1. The maximum absolute atomic E-state index is 12.5. The number of esters is 1. The van der Waals surface area contributed by atoms with Crippen LogP contribution in [0, 0.1) is 5.92 Å². The summed E-state index contributed by atoms with van der Waals surface area (Å²) in [6.07, 6.45) is 2.05. The van der Waals surface area contributed by atoms with Gasteiger partial charge in [0, 0.05) is 19.1 Å². The maximum Gasteiger partial charge on any atom is 0.410 e. The lowest BCUT2D eigenvalue weighted by atomic mass is 9.91. The Balaban J connectivity index is 1.95. The number of ether oxygens (including phenoxy) is 3. The molecule has 0 saturated heterocycles. The molecule has 0 radical (unpaired) electrons. The molecule has 8 heteroatoms. The summed E-state index contributed by atoms with van der Waals surface area (Å²) in [5.41, 5.74) is 1.19. The molecule has 32 heavy (non-hydrogen) atoms. The molecule has 1 aliphatic rings. The molecular formula is C24H34N2O6. The third-order valence-corrected chi connectivity index (χ3v) is 5.02. The second-order valence-corrected chi connectivity index (χ2v) is 8.88. The summed E-state index contributed by atoms with van der Waals surface area (Å²) >= 11 is 0. The van der Waals surface area contributed by atoms with Crippen LogP contribution in [-0.4, -0.2) is 54.9 Å². The van der Waals surface area contributed by atoms with E-state index in [0.29, 0.717) is 25.9 Å². The Morgan fingerprint density at radius 2 is 1.84 bits per heavy atom. The van der Waals surface area contributed by atoms with Crippen molar-refractivity contribution in [3.05, 3.63) is 47.5 Å². The fourth-order valence-corrected chi connectivity index (χ4v) is 3.42. The fourth-order valence-electron chi connectivity index (χ4n) is 3.42. The van der Waals surface area contributed by atoms with Gasteiger partial charge in [-0.2, -0.15) is 0 Å². The lowest BCUT2D eigenvalue weighted by molar-refractivity contribution is -0.146. The zero-order chi connectivity index (χ0) is 23.7. The zero-order valence-corrected chi connectivity index (χ0v) is 19.6. The second-order valence-electron chi connectivity index (χ2n) is 8.88. The molecule has 1 aliphatic heterocycles. The van der Waals surface area contributed by atoms with E-state index in [0.717, 1.165) is 11.1 Å². The predicted octanol–water partition coefficient (Wildman–Crippen LogP) is 4.05. The molecule has 0 unspecified atom stereocenters. The third-order valence-electron chi connectivity index (χ3n) is 5.02. The maximum atomic E-state index is 12.5. The number of nitrogens with zero attached hydrogens (tertiary/aromatic N) is 1. The first-order valence-electron chi connectivity index (χ1n) is 10.8. The van der Waals surface area contributed by atoms with E-state index in [1.54, 1.807) is 32.6 Å². The molecule has 2 rings (SSSR count). The number of benzene rings is 1. The number of amides is 2. The van der Waals surface area contributed by atoms with Gasteiger partial charge in [0.2, 0.25) is 0 Å². The minimum absolute atomic E-state index is 0.205. The minimum Gasteiger partial charge on any atom is -0.469 e. The Morgan fingerprint density at radius 1 is 1.16 bits per heavy atom. The SMILES string of the molecule is COC(=O)[C@H](CC1=CCCN(C(=O)OCc2ccccc2)C1)[C@@H](C)NC(=O)OC(C)(C)C. The number of nitrogens with one attached hydrogen (secondary N) is 1. The van der Waals surface area contributed by atoms with Gasteiger partial charge in [-0.15, -0.1) is 0 Å². The molecular weight excluding hydrogens is 412 g/mol. The van der Waals surface area contributed by atoms with Crippen LogP contribution in [0.5, 0.6) is 0 Å². The Hall–Kier alpha value is -3.03. The van der Waals surface area contributed by atoms with E-state index in [2.05, 4.69) is 5.32 Å².